The molecule has 24 heteroatoms. The standard InChI is InChI=1S/C14H12F16O8/c15-7(8(16,17)36-5-3(32)2(1-31)35-6(34)4(5)33)37-14(29,30)10(20,12(24,25)26)38-13(27,28)9(18,19)11(21,22)23/h2-7,31-34H,1H2/t2-,3-,4-,5+,6-,7?,10?/m1/s1. The minimum Gasteiger partial charge on any atom is -0.394 e. The maximum Gasteiger partial charge on any atom is 0.462 e. The average Bonchev–Trinajstić information content (AvgIpc) is 2.71. The van der Waals surface area contributed by atoms with Crippen molar-refractivity contribution in [2.24, 2.45) is 0 Å². The van der Waals surface area contributed by atoms with Gasteiger partial charge in [-0.3, -0.25) is 9.47 Å². The van der Waals surface area contributed by atoms with Crippen LogP contribution in [0.3, 0.4) is 0 Å². The number of rotatable bonds is 10. The van der Waals surface area contributed by atoms with Crippen LogP contribution in [0.4, 0.5) is 70.2 Å². The summed E-state index contributed by atoms with van der Waals surface area (Å²) in [5, 5.41) is 37.1. The summed E-state index contributed by atoms with van der Waals surface area (Å²) in [5.74, 6) is -15.7. The summed E-state index contributed by atoms with van der Waals surface area (Å²) >= 11 is 0. The maximum atomic E-state index is 14.0. The number of hydrogen-bond acceptors (Lipinski definition) is 8. The molecule has 38 heavy (non-hydrogen) atoms. The van der Waals surface area contributed by atoms with E-state index in [0.29, 0.717) is 0 Å². The molecule has 0 aromatic heterocycles. The Bertz CT molecular complexity index is 806. The Morgan fingerprint density at radius 3 is 1.58 bits per heavy atom. The van der Waals surface area contributed by atoms with Crippen molar-refractivity contribution in [3.05, 3.63) is 0 Å². The second-order valence-electron chi connectivity index (χ2n) is 7.11. The highest BCUT2D eigenvalue weighted by Gasteiger charge is 2.84. The molecule has 1 aliphatic heterocycles. The van der Waals surface area contributed by atoms with Gasteiger partial charge >= 0.3 is 42.5 Å². The fraction of sp³-hybridized carbons (Fsp3) is 1.00. The van der Waals surface area contributed by atoms with Gasteiger partial charge in [0, 0.05) is 0 Å². The maximum absolute atomic E-state index is 14.0. The Hall–Kier alpha value is -1.44. The van der Waals surface area contributed by atoms with Crippen molar-refractivity contribution >= 4 is 0 Å². The second-order valence-corrected chi connectivity index (χ2v) is 7.11. The topological polar surface area (TPSA) is 118 Å². The summed E-state index contributed by atoms with van der Waals surface area (Å²) in [6.45, 7) is -1.37. The Balaban J connectivity index is 3.34. The van der Waals surface area contributed by atoms with Gasteiger partial charge in [0.15, 0.2) is 6.29 Å². The highest BCUT2D eigenvalue weighted by atomic mass is 19.4. The molecule has 0 bridgehead atoms. The second kappa shape index (κ2) is 10.5. The Labute approximate surface area is 197 Å². The molecular formula is C14H12F16O8. The van der Waals surface area contributed by atoms with Crippen LogP contribution in [0.15, 0.2) is 0 Å². The van der Waals surface area contributed by atoms with Crippen LogP contribution in [0.25, 0.3) is 0 Å². The molecule has 1 heterocycles. The third-order valence-corrected chi connectivity index (χ3v) is 4.38. The van der Waals surface area contributed by atoms with Crippen LogP contribution in [0.5, 0.6) is 0 Å². The van der Waals surface area contributed by atoms with Crippen molar-refractivity contribution in [2.75, 3.05) is 6.61 Å². The normalized spacial score (nSPS) is 29.2. The zero-order valence-corrected chi connectivity index (χ0v) is 17.1. The zero-order chi connectivity index (χ0) is 30.5. The van der Waals surface area contributed by atoms with E-state index in [0.717, 1.165) is 0 Å². The molecule has 0 radical (unpaired) electrons. The van der Waals surface area contributed by atoms with Gasteiger partial charge in [0.05, 0.1) is 6.61 Å². The van der Waals surface area contributed by atoms with Gasteiger partial charge in [-0.05, 0) is 0 Å². The van der Waals surface area contributed by atoms with Gasteiger partial charge in [-0.25, -0.2) is 4.39 Å². The van der Waals surface area contributed by atoms with E-state index >= 15 is 0 Å². The molecule has 0 spiro atoms. The van der Waals surface area contributed by atoms with E-state index in [2.05, 4.69) is 14.2 Å². The number of aliphatic hydroxyl groups is 4. The first-order chi connectivity index (χ1) is 16.6. The Morgan fingerprint density at radius 1 is 0.711 bits per heavy atom. The number of aliphatic hydroxyl groups excluding tert-OH is 4. The van der Waals surface area contributed by atoms with Crippen molar-refractivity contribution < 1.29 is 110 Å². The van der Waals surface area contributed by atoms with Crippen LogP contribution in [0.1, 0.15) is 0 Å². The molecule has 228 valence electrons. The van der Waals surface area contributed by atoms with Gasteiger partial charge in [-0.15, -0.1) is 0 Å². The number of halogens is 16. The molecule has 0 aliphatic carbocycles. The molecule has 8 nitrogen and oxygen atoms in total. The minimum atomic E-state index is -7.89. The lowest BCUT2D eigenvalue weighted by Crippen LogP contribution is -2.66. The first-order valence-corrected chi connectivity index (χ1v) is 8.93. The molecule has 0 aromatic rings. The molecule has 0 aromatic carbocycles. The van der Waals surface area contributed by atoms with Crippen molar-refractivity contribution in [1.82, 2.24) is 0 Å². The molecular weight excluding hydrogens is 600 g/mol. The SMILES string of the molecule is OC[C@H]1O[C@@H](O)[C@H](O)[C@@H](OC(F)(F)C(F)OC(F)(F)C(F)(OC(F)(F)C(F)(F)C(F)(F)F)C(F)(F)F)[C@@H]1O. The van der Waals surface area contributed by atoms with E-state index in [9.17, 15) is 85.6 Å². The summed E-state index contributed by atoms with van der Waals surface area (Å²) in [6.07, 6.45) is -56.0. The van der Waals surface area contributed by atoms with E-state index in [1.807, 2.05) is 0 Å². The van der Waals surface area contributed by atoms with Gasteiger partial charge in [0.2, 0.25) is 0 Å². The molecule has 0 saturated carbocycles. The van der Waals surface area contributed by atoms with E-state index in [4.69, 9.17) is 5.11 Å². The van der Waals surface area contributed by atoms with Crippen LogP contribution in [0.2, 0.25) is 0 Å². The first kappa shape index (κ1) is 34.6. The molecule has 1 fully saturated rings. The smallest absolute Gasteiger partial charge is 0.394 e. The van der Waals surface area contributed by atoms with Gasteiger partial charge in [-0.1, -0.05) is 0 Å². The van der Waals surface area contributed by atoms with Gasteiger partial charge in [0.25, 0.3) is 6.36 Å². The van der Waals surface area contributed by atoms with Gasteiger partial charge < -0.3 is 29.9 Å². The van der Waals surface area contributed by atoms with E-state index in [1.54, 1.807) is 0 Å². The van der Waals surface area contributed by atoms with Crippen LogP contribution >= 0.6 is 0 Å². The van der Waals surface area contributed by atoms with Crippen LogP contribution < -0.4 is 0 Å². The van der Waals surface area contributed by atoms with Crippen LogP contribution in [0, 0.1) is 0 Å². The average molecular weight is 612 g/mol. The summed E-state index contributed by atoms with van der Waals surface area (Å²) in [7, 11) is 0. The summed E-state index contributed by atoms with van der Waals surface area (Å²) in [5.41, 5.74) is 0. The third kappa shape index (κ3) is 6.31. The molecule has 1 aliphatic rings. The highest BCUT2D eigenvalue weighted by Crippen LogP contribution is 2.55. The number of ether oxygens (including phenoxy) is 4. The van der Waals surface area contributed by atoms with Crippen molar-refractivity contribution in [3.8, 4) is 0 Å². The number of hydrogen-bond donors (Lipinski definition) is 4. The number of alkyl halides is 16. The van der Waals surface area contributed by atoms with Crippen molar-refractivity contribution in [1.29, 1.82) is 0 Å². The Kier molecular flexibility index (Phi) is 9.57. The molecule has 1 saturated heterocycles. The minimum absolute atomic E-state index is 1.37. The Morgan fingerprint density at radius 2 is 1.18 bits per heavy atom. The van der Waals surface area contributed by atoms with Crippen LogP contribution in [-0.4, -0.2) is 107 Å². The summed E-state index contributed by atoms with van der Waals surface area (Å²) < 4.78 is 220. The monoisotopic (exact) mass is 612 g/mol. The lowest BCUT2D eigenvalue weighted by molar-refractivity contribution is -0.545. The van der Waals surface area contributed by atoms with Crippen molar-refractivity contribution in [2.45, 2.75) is 79.5 Å². The van der Waals surface area contributed by atoms with Crippen molar-refractivity contribution in [3.63, 3.8) is 0 Å². The van der Waals surface area contributed by atoms with Crippen LogP contribution in [-0.2, 0) is 18.9 Å². The largest absolute Gasteiger partial charge is 0.462 e. The van der Waals surface area contributed by atoms with Gasteiger partial charge in [-0.2, -0.15) is 65.9 Å². The molecule has 0 amide bonds. The fourth-order valence-electron chi connectivity index (χ4n) is 2.40. The summed E-state index contributed by atoms with van der Waals surface area (Å²) in [6, 6.07) is 0. The first-order valence-electron chi connectivity index (χ1n) is 8.93. The van der Waals surface area contributed by atoms with Gasteiger partial charge in [0.1, 0.15) is 24.4 Å². The molecule has 7 atom stereocenters. The quantitative estimate of drug-likeness (QED) is 0.278. The zero-order valence-electron chi connectivity index (χ0n) is 17.1. The predicted molar refractivity (Wildman–Crippen MR) is 77.7 cm³/mol. The van der Waals surface area contributed by atoms with E-state index in [-0.39, 0.29) is 0 Å². The third-order valence-electron chi connectivity index (χ3n) is 4.38. The molecule has 1 rings (SSSR count). The summed E-state index contributed by atoms with van der Waals surface area (Å²) in [4.78, 5) is 0. The van der Waals surface area contributed by atoms with E-state index in [1.165, 1.54) is 4.74 Å². The molecule has 4 N–H and O–H groups in total. The van der Waals surface area contributed by atoms with E-state index < -0.39 is 86.1 Å². The predicted octanol–water partition coefficient (Wildman–Crippen LogP) is 2.34. The fourth-order valence-corrected chi connectivity index (χ4v) is 2.40. The highest BCUT2D eigenvalue weighted by molar-refractivity contribution is 4.94. The molecule has 2 unspecified atom stereocenters. The lowest BCUT2D eigenvalue weighted by Gasteiger charge is -2.42. The lowest BCUT2D eigenvalue weighted by atomic mass is 9.99.